The molecular formula is C22H29NO6S2. The topological polar surface area (TPSA) is 106 Å². The molecule has 31 heavy (non-hydrogen) atoms. The summed E-state index contributed by atoms with van der Waals surface area (Å²) in [4.78, 5) is 25.0. The number of carbonyl (C=O) groups is 2. The number of methoxy groups -OCH3 is 1. The summed E-state index contributed by atoms with van der Waals surface area (Å²) in [5.41, 5.74) is -1.68. The number of hydrogen-bond acceptors (Lipinski definition) is 9. The Bertz CT molecular complexity index is 782. The monoisotopic (exact) mass is 467 g/mol. The Morgan fingerprint density at radius 1 is 1.16 bits per heavy atom. The lowest BCUT2D eigenvalue weighted by molar-refractivity contribution is -0.161. The van der Waals surface area contributed by atoms with Crippen molar-refractivity contribution in [1.82, 2.24) is 0 Å². The van der Waals surface area contributed by atoms with Crippen LogP contribution in [0.3, 0.4) is 0 Å². The number of carbonyl (C=O) groups excluding carboxylic acids is 2. The fraction of sp³-hybridized carbons (Fsp3) is 0.545. The molecule has 1 aromatic carbocycles. The first kappa shape index (κ1) is 27.0. The van der Waals surface area contributed by atoms with Crippen LogP contribution in [-0.2, 0) is 23.8 Å². The van der Waals surface area contributed by atoms with E-state index < -0.39 is 22.8 Å². The van der Waals surface area contributed by atoms with Gasteiger partial charge in [0.05, 0.1) is 34.3 Å². The van der Waals surface area contributed by atoms with Gasteiger partial charge >= 0.3 is 11.9 Å². The van der Waals surface area contributed by atoms with Gasteiger partial charge in [-0.15, -0.1) is 11.8 Å². The first-order valence-electron chi connectivity index (χ1n) is 9.80. The molecule has 0 heterocycles. The molecule has 2 unspecified atom stereocenters. The molecule has 0 aliphatic heterocycles. The molecule has 0 spiro atoms. The van der Waals surface area contributed by atoms with E-state index in [1.165, 1.54) is 18.9 Å². The van der Waals surface area contributed by atoms with E-state index in [0.29, 0.717) is 4.20 Å². The van der Waals surface area contributed by atoms with E-state index in [0.717, 1.165) is 5.56 Å². The third kappa shape index (κ3) is 7.89. The summed E-state index contributed by atoms with van der Waals surface area (Å²) in [6.07, 6.45) is 0.0587. The quantitative estimate of drug-likeness (QED) is 0.266. The zero-order valence-corrected chi connectivity index (χ0v) is 19.7. The highest BCUT2D eigenvalue weighted by atomic mass is 32.2. The molecule has 0 saturated heterocycles. The van der Waals surface area contributed by atoms with Crippen LogP contribution in [0.1, 0.15) is 32.3 Å². The molecule has 0 aliphatic carbocycles. The van der Waals surface area contributed by atoms with Crippen molar-refractivity contribution >= 4 is 40.1 Å². The third-order valence-electron chi connectivity index (χ3n) is 5.12. The lowest BCUT2D eigenvalue weighted by Crippen LogP contribution is -2.47. The molecule has 1 rings (SSSR count). The van der Waals surface area contributed by atoms with Crippen LogP contribution in [0, 0.1) is 22.2 Å². The molecule has 0 fully saturated rings. The van der Waals surface area contributed by atoms with Crippen LogP contribution >= 0.6 is 24.0 Å². The molecule has 9 heteroatoms. The minimum atomic E-state index is -1.28. The SMILES string of the molecule is COCCOC(=O)CCC(C)(C#N)C(C)(CSC(=S)c1ccccc1)C(=O)OCCO. The summed E-state index contributed by atoms with van der Waals surface area (Å²) in [6, 6.07) is 11.6. The first-order chi connectivity index (χ1) is 14.7. The molecule has 0 aliphatic rings. The van der Waals surface area contributed by atoms with E-state index >= 15 is 0 Å². The second-order valence-corrected chi connectivity index (χ2v) is 8.94. The van der Waals surface area contributed by atoms with Gasteiger partial charge in [0.25, 0.3) is 0 Å². The molecule has 0 saturated carbocycles. The number of rotatable bonds is 13. The average molecular weight is 468 g/mol. The Hall–Kier alpha value is -1.99. The number of benzene rings is 1. The predicted molar refractivity (Wildman–Crippen MR) is 123 cm³/mol. The van der Waals surface area contributed by atoms with Gasteiger partial charge in [-0.3, -0.25) is 9.59 Å². The molecule has 0 amide bonds. The van der Waals surface area contributed by atoms with Crippen LogP contribution < -0.4 is 0 Å². The van der Waals surface area contributed by atoms with Gasteiger partial charge in [0.15, 0.2) is 0 Å². The Kier molecular flexibility index (Phi) is 11.7. The molecule has 170 valence electrons. The Morgan fingerprint density at radius 3 is 2.42 bits per heavy atom. The molecule has 7 nitrogen and oxygen atoms in total. The van der Waals surface area contributed by atoms with E-state index in [2.05, 4.69) is 6.07 Å². The maximum Gasteiger partial charge on any atom is 0.314 e. The third-order valence-corrected chi connectivity index (χ3v) is 6.93. The summed E-state index contributed by atoms with van der Waals surface area (Å²) in [7, 11) is 1.50. The highest BCUT2D eigenvalue weighted by Gasteiger charge is 2.52. The second kappa shape index (κ2) is 13.4. The van der Waals surface area contributed by atoms with Crippen molar-refractivity contribution in [2.24, 2.45) is 10.8 Å². The normalized spacial score (nSPS) is 14.5. The first-order valence-corrected chi connectivity index (χ1v) is 11.2. The van der Waals surface area contributed by atoms with Gasteiger partial charge in [0, 0.05) is 19.3 Å². The van der Waals surface area contributed by atoms with Crippen molar-refractivity contribution < 1.29 is 28.9 Å². The smallest absolute Gasteiger partial charge is 0.314 e. The standard InChI is InChI=1S/C22H29NO6S2/c1-21(15-23,10-9-18(25)28-14-13-27-3)22(2,20(26)29-12-11-24)16-31-19(30)17-7-5-4-6-8-17/h4-8,24H,9-14,16H2,1-3H3. The zero-order valence-electron chi connectivity index (χ0n) is 18.1. The molecule has 0 aromatic heterocycles. The Morgan fingerprint density at radius 2 is 1.84 bits per heavy atom. The van der Waals surface area contributed by atoms with Gasteiger partial charge in [-0.2, -0.15) is 5.26 Å². The zero-order chi connectivity index (χ0) is 23.3. The minimum absolute atomic E-state index is 0.0373. The van der Waals surface area contributed by atoms with Crippen molar-refractivity contribution in [3.05, 3.63) is 35.9 Å². The summed E-state index contributed by atoms with van der Waals surface area (Å²) < 4.78 is 15.7. The average Bonchev–Trinajstić information content (AvgIpc) is 2.79. The van der Waals surface area contributed by atoms with E-state index in [9.17, 15) is 14.9 Å². The second-order valence-electron chi connectivity index (χ2n) is 7.29. The van der Waals surface area contributed by atoms with Crippen molar-refractivity contribution in [3.8, 4) is 6.07 Å². The fourth-order valence-electron chi connectivity index (χ4n) is 2.73. The van der Waals surface area contributed by atoms with Gasteiger partial charge in [0.2, 0.25) is 0 Å². The highest BCUT2D eigenvalue weighted by molar-refractivity contribution is 8.23. The number of aliphatic hydroxyl groups excluding tert-OH is 1. The summed E-state index contributed by atoms with van der Waals surface area (Å²) in [5.74, 6) is -0.924. The lowest BCUT2D eigenvalue weighted by Gasteiger charge is -2.39. The predicted octanol–water partition coefficient (Wildman–Crippen LogP) is 3.14. The minimum Gasteiger partial charge on any atom is -0.463 e. The number of thioether (sulfide) groups is 1. The summed E-state index contributed by atoms with van der Waals surface area (Å²) in [5, 5.41) is 19.0. The molecule has 2 atom stereocenters. The van der Waals surface area contributed by atoms with Crippen molar-refractivity contribution in [2.75, 3.05) is 39.3 Å². The Labute approximate surface area is 193 Å². The highest BCUT2D eigenvalue weighted by Crippen LogP contribution is 2.46. The van der Waals surface area contributed by atoms with E-state index in [-0.39, 0.29) is 45.0 Å². The number of thiocarbonyl (C=S) groups is 1. The van der Waals surface area contributed by atoms with Crippen LogP contribution in [0.4, 0.5) is 0 Å². The molecule has 1 aromatic rings. The lowest BCUT2D eigenvalue weighted by atomic mass is 9.65. The maximum absolute atomic E-state index is 13.0. The van der Waals surface area contributed by atoms with Crippen LogP contribution in [-0.4, -0.2) is 60.5 Å². The molecule has 1 N–H and O–H groups in total. The van der Waals surface area contributed by atoms with Crippen molar-refractivity contribution in [1.29, 1.82) is 5.26 Å². The molecule has 0 bridgehead atoms. The van der Waals surface area contributed by atoms with Gasteiger partial charge in [-0.1, -0.05) is 42.5 Å². The number of esters is 2. The van der Waals surface area contributed by atoms with Gasteiger partial charge in [-0.05, 0) is 25.8 Å². The Balaban J connectivity index is 3.01. The molecular weight excluding hydrogens is 438 g/mol. The van der Waals surface area contributed by atoms with Crippen LogP contribution in [0.2, 0.25) is 0 Å². The van der Waals surface area contributed by atoms with Crippen LogP contribution in [0.15, 0.2) is 30.3 Å². The summed E-state index contributed by atoms with van der Waals surface area (Å²) >= 11 is 6.77. The largest absolute Gasteiger partial charge is 0.463 e. The fourth-order valence-corrected chi connectivity index (χ4v) is 4.20. The van der Waals surface area contributed by atoms with Crippen LogP contribution in [0.5, 0.6) is 0 Å². The van der Waals surface area contributed by atoms with E-state index in [1.54, 1.807) is 13.8 Å². The number of nitriles is 1. The van der Waals surface area contributed by atoms with Crippen molar-refractivity contribution in [2.45, 2.75) is 26.7 Å². The van der Waals surface area contributed by atoms with Gasteiger partial charge < -0.3 is 19.3 Å². The number of ether oxygens (including phenoxy) is 3. The number of hydrogen-bond donors (Lipinski definition) is 1. The number of aliphatic hydroxyl groups is 1. The van der Waals surface area contributed by atoms with Gasteiger partial charge in [0.1, 0.15) is 13.2 Å². The van der Waals surface area contributed by atoms with Crippen molar-refractivity contribution in [3.63, 3.8) is 0 Å². The summed E-state index contributed by atoms with van der Waals surface area (Å²) in [6.45, 7) is 3.15. The van der Waals surface area contributed by atoms with E-state index in [4.69, 9.17) is 31.5 Å². The van der Waals surface area contributed by atoms with E-state index in [1.807, 2.05) is 30.3 Å². The number of nitrogens with zero attached hydrogens (tertiary/aromatic N) is 1. The van der Waals surface area contributed by atoms with Crippen LogP contribution in [0.25, 0.3) is 0 Å². The molecule has 0 radical (unpaired) electrons. The maximum atomic E-state index is 13.0. The van der Waals surface area contributed by atoms with Gasteiger partial charge in [-0.25, -0.2) is 0 Å².